The van der Waals surface area contributed by atoms with E-state index in [9.17, 15) is 9.18 Å². The molecule has 0 aliphatic carbocycles. The van der Waals surface area contributed by atoms with Crippen molar-refractivity contribution in [1.29, 1.82) is 0 Å². The van der Waals surface area contributed by atoms with Gasteiger partial charge >= 0.3 is 5.97 Å². The molecule has 0 spiro atoms. The Labute approximate surface area is 98.1 Å². The van der Waals surface area contributed by atoms with Gasteiger partial charge in [-0.25, -0.2) is 9.18 Å². The van der Waals surface area contributed by atoms with Gasteiger partial charge in [0.25, 0.3) is 6.36 Å². The van der Waals surface area contributed by atoms with Gasteiger partial charge in [-0.15, -0.1) is 0 Å². The molecule has 1 aromatic rings. The summed E-state index contributed by atoms with van der Waals surface area (Å²) in [5.41, 5.74) is 0.621. The van der Waals surface area contributed by atoms with E-state index in [-0.39, 0.29) is 13.2 Å². The quantitative estimate of drug-likeness (QED) is 0.750. The first-order valence-electron chi connectivity index (χ1n) is 4.81. The number of hydrogen-bond acceptors (Lipinski definition) is 3. The first-order chi connectivity index (χ1) is 7.65. The number of hydrogen-bond donors (Lipinski definition) is 0. The molecule has 16 heavy (non-hydrogen) atoms. The van der Waals surface area contributed by atoms with E-state index in [2.05, 4.69) is 4.74 Å². The van der Waals surface area contributed by atoms with E-state index >= 15 is 0 Å². The highest BCUT2D eigenvalue weighted by Gasteiger charge is 2.19. The Balaban J connectivity index is 2.46. The number of carbonyl (C=O) groups is 1. The van der Waals surface area contributed by atoms with Gasteiger partial charge in [0.1, 0.15) is 0 Å². The van der Waals surface area contributed by atoms with Crippen molar-refractivity contribution in [1.82, 2.24) is 0 Å². The van der Waals surface area contributed by atoms with Crippen LogP contribution in [0.1, 0.15) is 12.5 Å². The minimum atomic E-state index is -2.07. The van der Waals surface area contributed by atoms with Gasteiger partial charge < -0.3 is 9.47 Å². The van der Waals surface area contributed by atoms with Gasteiger partial charge in [-0.05, 0) is 18.6 Å². The highest BCUT2D eigenvalue weighted by Crippen LogP contribution is 2.16. The summed E-state index contributed by atoms with van der Waals surface area (Å²) in [6, 6.07) is 6.87. The maximum Gasteiger partial charge on any atom is 0.368 e. The van der Waals surface area contributed by atoms with Crippen LogP contribution in [0.3, 0.4) is 0 Å². The van der Waals surface area contributed by atoms with Crippen LogP contribution >= 0.6 is 11.6 Å². The smallest absolute Gasteiger partial charge is 0.368 e. The minimum Gasteiger partial charge on any atom is -0.462 e. The summed E-state index contributed by atoms with van der Waals surface area (Å²) in [5, 5.41) is 0.471. The number of ether oxygens (including phenoxy) is 2. The summed E-state index contributed by atoms with van der Waals surface area (Å²) in [6.45, 7) is 1.65. The number of halogens is 2. The number of rotatable bonds is 5. The molecule has 88 valence electrons. The molecule has 0 saturated carbocycles. The van der Waals surface area contributed by atoms with Gasteiger partial charge in [0.05, 0.1) is 13.2 Å². The van der Waals surface area contributed by atoms with Crippen molar-refractivity contribution in [2.24, 2.45) is 0 Å². The Morgan fingerprint density at radius 2 is 2.19 bits per heavy atom. The highest BCUT2D eigenvalue weighted by molar-refractivity contribution is 6.31. The average molecular weight is 247 g/mol. The SMILES string of the molecule is CCOC(=O)C(F)OCc1ccccc1Cl. The van der Waals surface area contributed by atoms with Crippen LogP contribution in [-0.2, 0) is 20.9 Å². The Bertz CT molecular complexity index is 357. The molecule has 0 aliphatic heterocycles. The molecule has 1 rings (SSSR count). The molecule has 0 saturated heterocycles. The van der Waals surface area contributed by atoms with Gasteiger partial charge in [0.2, 0.25) is 0 Å². The second kappa shape index (κ2) is 6.45. The number of carbonyl (C=O) groups excluding carboxylic acids is 1. The molecule has 0 radical (unpaired) electrons. The third kappa shape index (κ3) is 3.79. The number of benzene rings is 1. The van der Waals surface area contributed by atoms with Gasteiger partial charge in [-0.2, -0.15) is 0 Å². The van der Waals surface area contributed by atoms with E-state index in [0.717, 1.165) is 0 Å². The first-order valence-corrected chi connectivity index (χ1v) is 5.18. The standard InChI is InChI=1S/C11H12ClFO3/c1-2-15-11(14)10(13)16-7-8-5-3-4-6-9(8)12/h3-6,10H,2,7H2,1H3. The summed E-state index contributed by atoms with van der Waals surface area (Å²) < 4.78 is 22.2. The summed E-state index contributed by atoms with van der Waals surface area (Å²) in [7, 11) is 0. The second-order valence-corrected chi connectivity index (χ2v) is 3.38. The molecular weight excluding hydrogens is 235 g/mol. The zero-order chi connectivity index (χ0) is 12.0. The van der Waals surface area contributed by atoms with Crippen molar-refractivity contribution in [3.05, 3.63) is 34.9 Å². The van der Waals surface area contributed by atoms with Crippen molar-refractivity contribution < 1.29 is 18.7 Å². The number of esters is 1. The van der Waals surface area contributed by atoms with Gasteiger partial charge in [0, 0.05) is 5.02 Å². The van der Waals surface area contributed by atoms with E-state index in [1.807, 2.05) is 0 Å². The van der Waals surface area contributed by atoms with E-state index in [4.69, 9.17) is 16.3 Å². The van der Waals surface area contributed by atoms with E-state index < -0.39 is 12.3 Å². The molecular formula is C11H12ClFO3. The van der Waals surface area contributed by atoms with Crippen LogP contribution in [0.2, 0.25) is 5.02 Å². The molecule has 0 fully saturated rings. The molecule has 0 amide bonds. The Kier molecular flexibility index (Phi) is 5.22. The van der Waals surface area contributed by atoms with Crippen molar-refractivity contribution in [2.75, 3.05) is 6.61 Å². The zero-order valence-electron chi connectivity index (χ0n) is 8.78. The summed E-state index contributed by atoms with van der Waals surface area (Å²) in [6.07, 6.45) is -2.07. The average Bonchev–Trinajstić information content (AvgIpc) is 2.28. The molecule has 0 heterocycles. The topological polar surface area (TPSA) is 35.5 Å². The monoisotopic (exact) mass is 246 g/mol. The van der Waals surface area contributed by atoms with Crippen LogP contribution in [0, 0.1) is 0 Å². The third-order valence-electron chi connectivity index (χ3n) is 1.81. The normalized spacial score (nSPS) is 12.2. The van der Waals surface area contributed by atoms with Crippen LogP contribution in [0.15, 0.2) is 24.3 Å². The van der Waals surface area contributed by atoms with Crippen molar-refractivity contribution in [3.63, 3.8) is 0 Å². The van der Waals surface area contributed by atoms with Gasteiger partial charge in [-0.3, -0.25) is 0 Å². The minimum absolute atomic E-state index is 0.0698. The van der Waals surface area contributed by atoms with Crippen LogP contribution < -0.4 is 0 Å². The van der Waals surface area contributed by atoms with Crippen molar-refractivity contribution >= 4 is 17.6 Å². The van der Waals surface area contributed by atoms with Crippen LogP contribution in [0.5, 0.6) is 0 Å². The Morgan fingerprint density at radius 3 is 2.81 bits per heavy atom. The van der Waals surface area contributed by atoms with Crippen molar-refractivity contribution in [3.8, 4) is 0 Å². The highest BCUT2D eigenvalue weighted by atomic mass is 35.5. The molecule has 5 heteroatoms. The maximum atomic E-state index is 13.1. The molecule has 0 bridgehead atoms. The summed E-state index contributed by atoms with van der Waals surface area (Å²) >= 11 is 5.83. The van der Waals surface area contributed by atoms with Gasteiger partial charge in [0.15, 0.2) is 0 Å². The van der Waals surface area contributed by atoms with Gasteiger partial charge in [-0.1, -0.05) is 29.8 Å². The van der Waals surface area contributed by atoms with Crippen LogP contribution in [-0.4, -0.2) is 18.9 Å². The lowest BCUT2D eigenvalue weighted by atomic mass is 10.2. The lowest BCUT2D eigenvalue weighted by molar-refractivity contribution is -0.170. The summed E-state index contributed by atoms with van der Waals surface area (Å²) in [5.74, 6) is -1.02. The Hall–Kier alpha value is -1.13. The predicted octanol–water partition coefficient (Wildman–Crippen LogP) is 2.72. The molecule has 0 aromatic heterocycles. The molecule has 1 aromatic carbocycles. The lowest BCUT2D eigenvalue weighted by Gasteiger charge is -2.09. The lowest BCUT2D eigenvalue weighted by Crippen LogP contribution is -2.21. The summed E-state index contributed by atoms with van der Waals surface area (Å²) in [4.78, 5) is 10.9. The second-order valence-electron chi connectivity index (χ2n) is 2.97. The largest absolute Gasteiger partial charge is 0.462 e. The fraction of sp³-hybridized carbons (Fsp3) is 0.364. The fourth-order valence-corrected chi connectivity index (χ4v) is 1.24. The zero-order valence-corrected chi connectivity index (χ0v) is 9.54. The third-order valence-corrected chi connectivity index (χ3v) is 2.18. The van der Waals surface area contributed by atoms with Crippen LogP contribution in [0.25, 0.3) is 0 Å². The molecule has 0 N–H and O–H groups in total. The Morgan fingerprint density at radius 1 is 1.50 bits per heavy atom. The predicted molar refractivity (Wildman–Crippen MR) is 57.8 cm³/mol. The molecule has 1 atom stereocenters. The maximum absolute atomic E-state index is 13.1. The van der Waals surface area contributed by atoms with Crippen molar-refractivity contribution in [2.45, 2.75) is 19.9 Å². The molecule has 1 unspecified atom stereocenters. The van der Waals surface area contributed by atoms with Crippen LogP contribution in [0.4, 0.5) is 4.39 Å². The number of alkyl halides is 1. The van der Waals surface area contributed by atoms with E-state index in [1.165, 1.54) is 0 Å². The fourth-order valence-electron chi connectivity index (χ4n) is 1.05. The molecule has 3 nitrogen and oxygen atoms in total. The van der Waals surface area contributed by atoms with E-state index in [0.29, 0.717) is 10.6 Å². The first kappa shape index (κ1) is 12.9. The van der Waals surface area contributed by atoms with E-state index in [1.54, 1.807) is 31.2 Å². The molecule has 0 aliphatic rings.